The van der Waals surface area contributed by atoms with Gasteiger partial charge in [-0.2, -0.15) is 0 Å². The number of carbonyl (C=O) groups excluding carboxylic acids is 1. The average Bonchev–Trinajstić information content (AvgIpc) is 2.59. The number of amides is 1. The second-order valence-electron chi connectivity index (χ2n) is 6.00. The highest BCUT2D eigenvalue weighted by Crippen LogP contribution is 2.19. The molecule has 2 rings (SSSR count). The first kappa shape index (κ1) is 18.3. The van der Waals surface area contributed by atoms with Crippen molar-refractivity contribution in [2.45, 2.75) is 13.8 Å². The van der Waals surface area contributed by atoms with E-state index >= 15 is 0 Å². The highest BCUT2D eigenvalue weighted by Gasteiger charge is 2.08. The summed E-state index contributed by atoms with van der Waals surface area (Å²) in [6.45, 7) is 12.3. The molecule has 0 fully saturated rings. The van der Waals surface area contributed by atoms with E-state index in [-0.39, 0.29) is 5.91 Å². The van der Waals surface area contributed by atoms with Crippen molar-refractivity contribution >= 4 is 11.6 Å². The average molecular weight is 337 g/mol. The van der Waals surface area contributed by atoms with Crippen LogP contribution in [0.15, 0.2) is 72.8 Å². The van der Waals surface area contributed by atoms with Crippen molar-refractivity contribution in [1.29, 1.82) is 0 Å². The van der Waals surface area contributed by atoms with E-state index in [9.17, 15) is 4.79 Å². The third kappa shape index (κ3) is 6.18. The zero-order chi connectivity index (χ0) is 18.2. The van der Waals surface area contributed by atoms with Crippen LogP contribution in [0.3, 0.4) is 0 Å². The van der Waals surface area contributed by atoms with Crippen LogP contribution in [-0.4, -0.2) is 19.1 Å². The summed E-state index contributed by atoms with van der Waals surface area (Å²) < 4.78 is 11.1. The standard InChI is InChI=1S/C21H23NO3/c1-15(2)13-24-19-10-8-18(9-11-19)22-21(23)17-6-5-7-20(12-17)25-14-16(3)4/h5-12H,1,3,13-14H2,2,4H3,(H,22,23). The van der Waals surface area contributed by atoms with Gasteiger partial charge in [-0.25, -0.2) is 0 Å². The zero-order valence-corrected chi connectivity index (χ0v) is 14.7. The minimum Gasteiger partial charge on any atom is -0.489 e. The smallest absolute Gasteiger partial charge is 0.255 e. The number of hydrogen-bond donors (Lipinski definition) is 1. The Hall–Kier alpha value is -3.01. The Morgan fingerprint density at radius 3 is 2.12 bits per heavy atom. The van der Waals surface area contributed by atoms with E-state index in [0.29, 0.717) is 30.2 Å². The summed E-state index contributed by atoms with van der Waals surface area (Å²) >= 11 is 0. The SMILES string of the molecule is C=C(C)COc1ccc(NC(=O)c2cccc(OCC(=C)C)c2)cc1. The first-order valence-electron chi connectivity index (χ1n) is 8.00. The maximum Gasteiger partial charge on any atom is 0.255 e. The van der Waals surface area contributed by atoms with Crippen LogP contribution in [-0.2, 0) is 0 Å². The molecule has 0 radical (unpaired) electrons. The molecule has 0 saturated heterocycles. The van der Waals surface area contributed by atoms with E-state index in [1.165, 1.54) is 0 Å². The molecule has 0 atom stereocenters. The van der Waals surface area contributed by atoms with Gasteiger partial charge < -0.3 is 14.8 Å². The zero-order valence-electron chi connectivity index (χ0n) is 14.7. The van der Waals surface area contributed by atoms with Gasteiger partial charge in [0.1, 0.15) is 24.7 Å². The van der Waals surface area contributed by atoms with Crippen molar-refractivity contribution in [3.8, 4) is 11.5 Å². The monoisotopic (exact) mass is 337 g/mol. The lowest BCUT2D eigenvalue weighted by atomic mass is 10.2. The van der Waals surface area contributed by atoms with Crippen LogP contribution in [0.2, 0.25) is 0 Å². The highest BCUT2D eigenvalue weighted by molar-refractivity contribution is 6.04. The van der Waals surface area contributed by atoms with Gasteiger partial charge in [0.25, 0.3) is 5.91 Å². The van der Waals surface area contributed by atoms with Gasteiger partial charge >= 0.3 is 0 Å². The van der Waals surface area contributed by atoms with Crippen molar-refractivity contribution in [3.05, 3.63) is 78.4 Å². The Labute approximate surface area is 148 Å². The molecule has 0 bridgehead atoms. The van der Waals surface area contributed by atoms with Crippen LogP contribution in [0.25, 0.3) is 0 Å². The molecule has 0 aliphatic carbocycles. The molecule has 0 spiro atoms. The first-order valence-corrected chi connectivity index (χ1v) is 8.00. The maximum absolute atomic E-state index is 12.4. The molecule has 0 unspecified atom stereocenters. The van der Waals surface area contributed by atoms with Crippen molar-refractivity contribution in [2.24, 2.45) is 0 Å². The minimum atomic E-state index is -0.198. The Bertz CT molecular complexity index is 763. The molecule has 0 aromatic heterocycles. The van der Waals surface area contributed by atoms with Gasteiger partial charge in [-0.3, -0.25) is 4.79 Å². The van der Waals surface area contributed by atoms with Gasteiger partial charge in [0.15, 0.2) is 0 Å². The van der Waals surface area contributed by atoms with Crippen molar-refractivity contribution in [3.63, 3.8) is 0 Å². The third-order valence-electron chi connectivity index (χ3n) is 3.18. The molecule has 25 heavy (non-hydrogen) atoms. The van der Waals surface area contributed by atoms with Crippen molar-refractivity contribution < 1.29 is 14.3 Å². The van der Waals surface area contributed by atoms with Gasteiger partial charge in [0, 0.05) is 11.3 Å². The first-order chi connectivity index (χ1) is 11.9. The molecule has 130 valence electrons. The van der Waals surface area contributed by atoms with E-state index in [1.54, 1.807) is 30.3 Å². The predicted octanol–water partition coefficient (Wildman–Crippen LogP) is 4.85. The summed E-state index contributed by atoms with van der Waals surface area (Å²) in [5.74, 6) is 1.17. The predicted molar refractivity (Wildman–Crippen MR) is 101 cm³/mol. The third-order valence-corrected chi connectivity index (χ3v) is 3.18. The highest BCUT2D eigenvalue weighted by atomic mass is 16.5. The van der Waals surface area contributed by atoms with Gasteiger partial charge in [-0.1, -0.05) is 19.2 Å². The summed E-state index contributed by atoms with van der Waals surface area (Å²) in [4.78, 5) is 12.4. The number of nitrogens with one attached hydrogen (secondary N) is 1. The van der Waals surface area contributed by atoms with Crippen LogP contribution >= 0.6 is 0 Å². The number of rotatable bonds is 8. The van der Waals surface area contributed by atoms with Crippen LogP contribution in [0.4, 0.5) is 5.69 Å². The Morgan fingerprint density at radius 2 is 1.52 bits per heavy atom. The fraction of sp³-hybridized carbons (Fsp3) is 0.190. The normalized spacial score (nSPS) is 10.0. The number of hydrogen-bond acceptors (Lipinski definition) is 3. The van der Waals surface area contributed by atoms with E-state index in [0.717, 1.165) is 16.9 Å². The molecular formula is C21H23NO3. The Kier molecular flexibility index (Phi) is 6.40. The molecule has 1 N–H and O–H groups in total. The summed E-state index contributed by atoms with van der Waals surface area (Å²) in [5.41, 5.74) is 3.10. The molecule has 1 amide bonds. The van der Waals surface area contributed by atoms with Gasteiger partial charge in [-0.05, 0) is 67.5 Å². The van der Waals surface area contributed by atoms with Crippen molar-refractivity contribution in [1.82, 2.24) is 0 Å². The molecule has 4 heteroatoms. The lowest BCUT2D eigenvalue weighted by Crippen LogP contribution is -2.12. The number of anilines is 1. The summed E-state index contributed by atoms with van der Waals surface area (Å²) in [7, 11) is 0. The second kappa shape index (κ2) is 8.73. The molecular weight excluding hydrogens is 314 g/mol. The van der Waals surface area contributed by atoms with Crippen LogP contribution < -0.4 is 14.8 Å². The number of ether oxygens (including phenoxy) is 2. The fourth-order valence-corrected chi connectivity index (χ4v) is 1.98. The molecule has 0 aliphatic rings. The van der Waals surface area contributed by atoms with Gasteiger partial charge in [-0.15, -0.1) is 0 Å². The molecule has 0 aliphatic heterocycles. The summed E-state index contributed by atoms with van der Waals surface area (Å²) in [5, 5.41) is 2.86. The molecule has 4 nitrogen and oxygen atoms in total. The van der Waals surface area contributed by atoms with Gasteiger partial charge in [0.2, 0.25) is 0 Å². The topological polar surface area (TPSA) is 47.6 Å². The Balaban J connectivity index is 1.98. The minimum absolute atomic E-state index is 0.198. The number of carbonyl (C=O) groups is 1. The molecule has 0 heterocycles. The van der Waals surface area contributed by atoms with E-state index in [1.807, 2.05) is 32.0 Å². The quantitative estimate of drug-likeness (QED) is 0.701. The fourth-order valence-electron chi connectivity index (χ4n) is 1.98. The Morgan fingerprint density at radius 1 is 0.920 bits per heavy atom. The lowest BCUT2D eigenvalue weighted by molar-refractivity contribution is 0.102. The molecule has 0 saturated carbocycles. The van der Waals surface area contributed by atoms with E-state index in [4.69, 9.17) is 9.47 Å². The largest absolute Gasteiger partial charge is 0.489 e. The van der Waals surface area contributed by atoms with Crippen molar-refractivity contribution in [2.75, 3.05) is 18.5 Å². The molecule has 2 aromatic carbocycles. The van der Waals surface area contributed by atoms with Gasteiger partial charge in [0.05, 0.1) is 0 Å². The van der Waals surface area contributed by atoms with E-state index < -0.39 is 0 Å². The maximum atomic E-state index is 12.4. The van der Waals surface area contributed by atoms with Crippen LogP contribution in [0.5, 0.6) is 11.5 Å². The number of benzene rings is 2. The molecule has 2 aromatic rings. The van der Waals surface area contributed by atoms with E-state index in [2.05, 4.69) is 18.5 Å². The van der Waals surface area contributed by atoms with Crippen LogP contribution in [0.1, 0.15) is 24.2 Å². The summed E-state index contributed by atoms with van der Waals surface area (Å²) in [6, 6.07) is 14.3. The second-order valence-corrected chi connectivity index (χ2v) is 6.00. The lowest BCUT2D eigenvalue weighted by Gasteiger charge is -2.10. The van der Waals surface area contributed by atoms with Crippen LogP contribution in [0, 0.1) is 0 Å². The summed E-state index contributed by atoms with van der Waals surface area (Å²) in [6.07, 6.45) is 0.